The number of carbonyl (C=O) groups excluding carboxylic acids is 1. The second-order valence-electron chi connectivity index (χ2n) is 10.5. The van der Waals surface area contributed by atoms with E-state index in [-0.39, 0.29) is 34.5 Å². The van der Waals surface area contributed by atoms with Crippen LogP contribution in [0, 0.1) is 5.41 Å². The molecule has 0 saturated heterocycles. The van der Waals surface area contributed by atoms with Crippen LogP contribution in [0.1, 0.15) is 57.9 Å². The first-order valence-corrected chi connectivity index (χ1v) is 11.6. The molecule has 1 aromatic heterocycles. The molecule has 0 unspecified atom stereocenters. The zero-order valence-electron chi connectivity index (χ0n) is 21.1. The first-order chi connectivity index (χ1) is 16.7. The zero-order chi connectivity index (χ0) is 26.6. The van der Waals surface area contributed by atoms with Crippen LogP contribution in [0.3, 0.4) is 0 Å². The van der Waals surface area contributed by atoms with E-state index < -0.39 is 17.6 Å². The SMILES string of the molecule is CC(C)(C)CC(C)(C)c1ccc(OCC(=O)NN=Cc2ccc(-c3cccc(C(F)(F)F)c3)o2)cc1. The maximum absolute atomic E-state index is 12.9. The lowest BCUT2D eigenvalue weighted by Crippen LogP contribution is -2.25. The highest BCUT2D eigenvalue weighted by atomic mass is 19.4. The highest BCUT2D eigenvalue weighted by Gasteiger charge is 2.30. The van der Waals surface area contributed by atoms with E-state index in [0.29, 0.717) is 5.75 Å². The second kappa shape index (κ2) is 10.6. The third-order valence-corrected chi connectivity index (χ3v) is 5.46. The number of carbonyl (C=O) groups is 1. The molecule has 2 aromatic carbocycles. The molecule has 0 spiro atoms. The number of nitrogens with zero attached hydrogens (tertiary/aromatic N) is 1. The van der Waals surface area contributed by atoms with Gasteiger partial charge in [-0.15, -0.1) is 0 Å². The fourth-order valence-corrected chi connectivity index (χ4v) is 4.21. The molecule has 1 heterocycles. The summed E-state index contributed by atoms with van der Waals surface area (Å²) in [5.41, 5.74) is 3.27. The number of hydrazone groups is 1. The summed E-state index contributed by atoms with van der Waals surface area (Å²) in [5, 5.41) is 3.82. The normalized spacial score (nSPS) is 12.7. The predicted molar refractivity (Wildman–Crippen MR) is 134 cm³/mol. The van der Waals surface area contributed by atoms with Gasteiger partial charge in [-0.2, -0.15) is 18.3 Å². The van der Waals surface area contributed by atoms with Crippen molar-refractivity contribution < 1.29 is 27.1 Å². The Morgan fingerprint density at radius 3 is 2.31 bits per heavy atom. The van der Waals surface area contributed by atoms with Crippen LogP contribution in [0.5, 0.6) is 5.75 Å². The van der Waals surface area contributed by atoms with Gasteiger partial charge in [0.1, 0.15) is 17.3 Å². The van der Waals surface area contributed by atoms with Crippen molar-refractivity contribution >= 4 is 12.1 Å². The Hall–Kier alpha value is -3.55. The maximum Gasteiger partial charge on any atom is 0.416 e. The maximum atomic E-state index is 12.9. The first-order valence-electron chi connectivity index (χ1n) is 11.6. The minimum absolute atomic E-state index is 0.00964. The number of furan rings is 1. The molecule has 0 saturated carbocycles. The molecule has 0 bridgehead atoms. The van der Waals surface area contributed by atoms with E-state index >= 15 is 0 Å². The average molecular weight is 501 g/mol. The smallest absolute Gasteiger partial charge is 0.416 e. The minimum Gasteiger partial charge on any atom is -0.484 e. The van der Waals surface area contributed by atoms with Crippen LogP contribution in [-0.4, -0.2) is 18.7 Å². The quantitative estimate of drug-likeness (QED) is 0.263. The Labute approximate surface area is 209 Å². The number of alkyl halides is 3. The Kier molecular flexibility index (Phi) is 7.96. The monoisotopic (exact) mass is 500 g/mol. The summed E-state index contributed by atoms with van der Waals surface area (Å²) < 4.78 is 49.8. The van der Waals surface area contributed by atoms with E-state index in [9.17, 15) is 18.0 Å². The third kappa shape index (κ3) is 7.73. The van der Waals surface area contributed by atoms with Gasteiger partial charge in [0.2, 0.25) is 0 Å². The van der Waals surface area contributed by atoms with Gasteiger partial charge >= 0.3 is 6.18 Å². The van der Waals surface area contributed by atoms with Crippen molar-refractivity contribution in [1.29, 1.82) is 0 Å². The van der Waals surface area contributed by atoms with Gasteiger partial charge in [0.05, 0.1) is 11.8 Å². The largest absolute Gasteiger partial charge is 0.484 e. The van der Waals surface area contributed by atoms with E-state index in [1.165, 1.54) is 30.0 Å². The van der Waals surface area contributed by atoms with Crippen molar-refractivity contribution in [2.75, 3.05) is 6.61 Å². The van der Waals surface area contributed by atoms with Crippen molar-refractivity contribution in [1.82, 2.24) is 5.43 Å². The number of ether oxygens (including phenoxy) is 1. The van der Waals surface area contributed by atoms with Crippen LogP contribution in [0.25, 0.3) is 11.3 Å². The molecule has 192 valence electrons. The lowest BCUT2D eigenvalue weighted by Gasteiger charge is -2.33. The van der Waals surface area contributed by atoms with E-state index in [1.54, 1.807) is 6.07 Å². The molecule has 3 rings (SSSR count). The van der Waals surface area contributed by atoms with Crippen molar-refractivity contribution in [3.05, 3.63) is 77.6 Å². The Balaban J connectivity index is 1.51. The van der Waals surface area contributed by atoms with E-state index in [4.69, 9.17) is 9.15 Å². The number of benzene rings is 2. The molecule has 0 fully saturated rings. The third-order valence-electron chi connectivity index (χ3n) is 5.46. The van der Waals surface area contributed by atoms with Crippen molar-refractivity contribution in [2.24, 2.45) is 10.5 Å². The van der Waals surface area contributed by atoms with Crippen LogP contribution in [0.2, 0.25) is 0 Å². The van der Waals surface area contributed by atoms with Crippen LogP contribution in [0.15, 0.2) is 70.2 Å². The number of halogens is 3. The number of amides is 1. The Bertz CT molecular complexity index is 1200. The van der Waals surface area contributed by atoms with Gasteiger partial charge in [-0.1, -0.05) is 58.9 Å². The van der Waals surface area contributed by atoms with E-state index in [2.05, 4.69) is 45.1 Å². The lowest BCUT2D eigenvalue weighted by molar-refractivity contribution is -0.137. The van der Waals surface area contributed by atoms with E-state index in [1.807, 2.05) is 24.3 Å². The molecule has 5 nitrogen and oxygen atoms in total. The highest BCUT2D eigenvalue weighted by molar-refractivity contribution is 5.81. The summed E-state index contributed by atoms with van der Waals surface area (Å²) in [7, 11) is 0. The summed E-state index contributed by atoms with van der Waals surface area (Å²) in [6.45, 7) is 10.8. The van der Waals surface area contributed by atoms with Crippen LogP contribution in [-0.2, 0) is 16.4 Å². The standard InChI is InChI=1S/C28H31F3N2O3/c1-26(2,3)18-27(4,5)20-9-11-22(12-10-20)35-17-25(34)33-32-16-23-13-14-24(36-23)19-7-6-8-21(15-19)28(29,30)31/h6-16H,17-18H2,1-5H3,(H,33,34). The molecular weight excluding hydrogens is 469 g/mol. The molecule has 0 aliphatic rings. The van der Waals surface area contributed by atoms with Gasteiger partial charge in [0, 0.05) is 5.56 Å². The number of hydrogen-bond acceptors (Lipinski definition) is 4. The van der Waals surface area contributed by atoms with Gasteiger partial charge < -0.3 is 9.15 Å². The van der Waals surface area contributed by atoms with Gasteiger partial charge in [-0.05, 0) is 59.2 Å². The molecule has 36 heavy (non-hydrogen) atoms. The van der Waals surface area contributed by atoms with Crippen molar-refractivity contribution in [3.8, 4) is 17.1 Å². The molecule has 8 heteroatoms. The molecule has 0 atom stereocenters. The van der Waals surface area contributed by atoms with Crippen LogP contribution >= 0.6 is 0 Å². The Morgan fingerprint density at radius 2 is 1.67 bits per heavy atom. The van der Waals surface area contributed by atoms with Crippen LogP contribution < -0.4 is 10.2 Å². The van der Waals surface area contributed by atoms with Crippen molar-refractivity contribution in [2.45, 2.75) is 52.6 Å². The van der Waals surface area contributed by atoms with Crippen LogP contribution in [0.4, 0.5) is 13.2 Å². The zero-order valence-corrected chi connectivity index (χ0v) is 21.1. The topological polar surface area (TPSA) is 63.8 Å². The summed E-state index contributed by atoms with van der Waals surface area (Å²) in [4.78, 5) is 12.1. The predicted octanol–water partition coefficient (Wildman–Crippen LogP) is 7.21. The second-order valence-corrected chi connectivity index (χ2v) is 10.5. The summed E-state index contributed by atoms with van der Waals surface area (Å²) >= 11 is 0. The molecule has 1 amide bonds. The number of nitrogens with one attached hydrogen (secondary N) is 1. The summed E-state index contributed by atoms with van der Waals surface area (Å²) in [6, 6.07) is 15.6. The lowest BCUT2D eigenvalue weighted by atomic mass is 9.72. The number of hydrogen-bond donors (Lipinski definition) is 1. The minimum atomic E-state index is -4.44. The van der Waals surface area contributed by atoms with Gasteiger partial charge in [0.25, 0.3) is 5.91 Å². The molecule has 0 aliphatic heterocycles. The average Bonchev–Trinajstić information content (AvgIpc) is 3.25. The van der Waals surface area contributed by atoms with Gasteiger partial charge in [0.15, 0.2) is 6.61 Å². The highest BCUT2D eigenvalue weighted by Crippen LogP contribution is 2.36. The molecule has 0 aliphatic carbocycles. The van der Waals surface area contributed by atoms with Crippen molar-refractivity contribution in [3.63, 3.8) is 0 Å². The fourth-order valence-electron chi connectivity index (χ4n) is 4.21. The van der Waals surface area contributed by atoms with E-state index in [0.717, 1.165) is 18.6 Å². The number of rotatable bonds is 8. The molecular formula is C28H31F3N2O3. The fraction of sp³-hybridized carbons (Fsp3) is 0.357. The molecule has 1 N–H and O–H groups in total. The Morgan fingerprint density at radius 1 is 0.972 bits per heavy atom. The van der Waals surface area contributed by atoms with Gasteiger partial charge in [-0.3, -0.25) is 4.79 Å². The summed E-state index contributed by atoms with van der Waals surface area (Å²) in [6.07, 6.45) is -2.15. The first kappa shape index (κ1) is 27.0. The molecule has 0 radical (unpaired) electrons. The molecule has 3 aromatic rings. The van der Waals surface area contributed by atoms with Gasteiger partial charge in [-0.25, -0.2) is 5.43 Å². The summed E-state index contributed by atoms with van der Waals surface area (Å²) in [5.74, 6) is 0.637.